The molecule has 0 bridgehead atoms. The smallest absolute Gasteiger partial charge is 0.149 e. The van der Waals surface area contributed by atoms with Crippen molar-refractivity contribution in [1.82, 2.24) is 5.32 Å². The van der Waals surface area contributed by atoms with Crippen LogP contribution >= 0.6 is 11.6 Å². The van der Waals surface area contributed by atoms with Crippen LogP contribution in [0.3, 0.4) is 0 Å². The van der Waals surface area contributed by atoms with Gasteiger partial charge in [0.05, 0.1) is 0 Å². The zero-order chi connectivity index (χ0) is 10.2. The average Bonchev–Trinajstić information content (AvgIpc) is 2.58. The van der Waals surface area contributed by atoms with Crippen molar-refractivity contribution < 1.29 is 4.39 Å². The van der Waals surface area contributed by atoms with E-state index in [1.54, 1.807) is 6.07 Å². The van der Waals surface area contributed by atoms with Crippen LogP contribution < -0.4 is 5.32 Å². The third-order valence-corrected chi connectivity index (χ3v) is 3.26. The first-order valence-electron chi connectivity index (χ1n) is 4.79. The normalized spacial score (nSPS) is 26.8. The molecule has 1 aromatic rings. The largest absolute Gasteiger partial charge is 0.313 e. The lowest BCUT2D eigenvalue weighted by Crippen LogP contribution is -2.24. The second-order valence-electron chi connectivity index (χ2n) is 3.80. The summed E-state index contributed by atoms with van der Waals surface area (Å²) in [6, 6.07) is 5.44. The van der Waals surface area contributed by atoms with Crippen LogP contribution in [-0.2, 0) is 5.67 Å². The number of hydrogen-bond acceptors (Lipinski definition) is 1. The van der Waals surface area contributed by atoms with Crippen molar-refractivity contribution in [3.05, 3.63) is 34.3 Å². The molecule has 1 nitrogen and oxygen atoms in total. The summed E-state index contributed by atoms with van der Waals surface area (Å²) in [4.78, 5) is 0. The molecule has 14 heavy (non-hydrogen) atoms. The highest BCUT2D eigenvalue weighted by atomic mass is 35.5. The first kappa shape index (κ1) is 9.94. The van der Waals surface area contributed by atoms with Crippen molar-refractivity contribution in [2.75, 3.05) is 13.1 Å². The van der Waals surface area contributed by atoms with Gasteiger partial charge in [0.15, 0.2) is 0 Å². The molecule has 76 valence electrons. The van der Waals surface area contributed by atoms with E-state index in [2.05, 4.69) is 5.32 Å². The lowest BCUT2D eigenvalue weighted by atomic mass is 9.91. The molecule has 1 N–H and O–H groups in total. The van der Waals surface area contributed by atoms with Crippen molar-refractivity contribution in [3.8, 4) is 0 Å². The lowest BCUT2D eigenvalue weighted by molar-refractivity contribution is 0.192. The molecule has 1 fully saturated rings. The first-order chi connectivity index (χ1) is 6.63. The molecule has 0 aromatic heterocycles. The van der Waals surface area contributed by atoms with Crippen LogP contribution in [0.25, 0.3) is 0 Å². The topological polar surface area (TPSA) is 12.0 Å². The van der Waals surface area contributed by atoms with E-state index in [0.717, 1.165) is 17.7 Å². The van der Waals surface area contributed by atoms with Crippen LogP contribution in [0.4, 0.5) is 4.39 Å². The highest BCUT2D eigenvalue weighted by molar-refractivity contribution is 6.31. The number of hydrogen-bond donors (Lipinski definition) is 1. The van der Waals surface area contributed by atoms with E-state index < -0.39 is 5.67 Å². The summed E-state index contributed by atoms with van der Waals surface area (Å²) in [5, 5.41) is 3.68. The van der Waals surface area contributed by atoms with Crippen LogP contribution in [0.1, 0.15) is 17.5 Å². The Morgan fingerprint density at radius 2 is 2.29 bits per heavy atom. The summed E-state index contributed by atoms with van der Waals surface area (Å²) < 4.78 is 14.4. The molecule has 1 atom stereocenters. The standard InChI is InChI=1S/C11H13ClFN/c1-8-9(3-2-4-10(8)12)11(13)5-6-14-7-11/h2-4,14H,5-7H2,1H3. The molecule has 0 aliphatic carbocycles. The molecule has 0 amide bonds. The molecular weight excluding hydrogens is 201 g/mol. The Hall–Kier alpha value is -0.600. The molecule has 0 spiro atoms. The minimum absolute atomic E-state index is 0.397. The van der Waals surface area contributed by atoms with Gasteiger partial charge in [0.2, 0.25) is 0 Å². The summed E-state index contributed by atoms with van der Waals surface area (Å²) in [6.45, 7) is 3.01. The van der Waals surface area contributed by atoms with Crippen LogP contribution in [0.5, 0.6) is 0 Å². The van der Waals surface area contributed by atoms with Crippen molar-refractivity contribution in [1.29, 1.82) is 0 Å². The molecule has 1 aliphatic rings. The Labute approximate surface area is 88.3 Å². The van der Waals surface area contributed by atoms with Gasteiger partial charge in [0.1, 0.15) is 5.67 Å². The third-order valence-electron chi connectivity index (χ3n) is 2.85. The highest BCUT2D eigenvalue weighted by Gasteiger charge is 2.36. The number of benzene rings is 1. The Bertz CT molecular complexity index is 345. The third kappa shape index (κ3) is 1.53. The number of halogens is 2. The molecular formula is C11H13ClFN. The molecule has 1 heterocycles. The number of alkyl halides is 1. The van der Waals surface area contributed by atoms with Gasteiger partial charge >= 0.3 is 0 Å². The number of rotatable bonds is 1. The maximum absolute atomic E-state index is 14.4. The van der Waals surface area contributed by atoms with E-state index in [-0.39, 0.29) is 0 Å². The minimum Gasteiger partial charge on any atom is -0.313 e. The fourth-order valence-corrected chi connectivity index (χ4v) is 2.16. The van der Waals surface area contributed by atoms with Crippen molar-refractivity contribution >= 4 is 11.6 Å². The van der Waals surface area contributed by atoms with Gasteiger partial charge in [0, 0.05) is 11.6 Å². The summed E-state index contributed by atoms with van der Waals surface area (Å²) in [5.74, 6) is 0. The lowest BCUT2D eigenvalue weighted by Gasteiger charge is -2.21. The monoisotopic (exact) mass is 213 g/mol. The predicted molar refractivity (Wildman–Crippen MR) is 56.5 cm³/mol. The van der Waals surface area contributed by atoms with E-state index in [4.69, 9.17) is 11.6 Å². The van der Waals surface area contributed by atoms with Crippen LogP contribution in [-0.4, -0.2) is 13.1 Å². The molecule has 1 saturated heterocycles. The van der Waals surface area contributed by atoms with Crippen LogP contribution in [0, 0.1) is 6.92 Å². The van der Waals surface area contributed by atoms with Gasteiger partial charge in [-0.2, -0.15) is 0 Å². The van der Waals surface area contributed by atoms with E-state index in [1.165, 1.54) is 0 Å². The van der Waals surface area contributed by atoms with Crippen molar-refractivity contribution in [2.24, 2.45) is 0 Å². The van der Waals surface area contributed by atoms with Crippen LogP contribution in [0.15, 0.2) is 18.2 Å². The molecule has 1 aliphatic heterocycles. The molecule has 0 radical (unpaired) electrons. The second-order valence-corrected chi connectivity index (χ2v) is 4.21. The fourth-order valence-electron chi connectivity index (χ4n) is 1.98. The van der Waals surface area contributed by atoms with Gasteiger partial charge in [-0.3, -0.25) is 0 Å². The van der Waals surface area contributed by atoms with E-state index >= 15 is 0 Å². The molecule has 3 heteroatoms. The predicted octanol–water partition coefficient (Wildman–Crippen LogP) is 2.81. The van der Waals surface area contributed by atoms with Crippen molar-refractivity contribution in [2.45, 2.75) is 19.0 Å². The van der Waals surface area contributed by atoms with Crippen LogP contribution in [0.2, 0.25) is 5.02 Å². The molecule has 2 rings (SSSR count). The summed E-state index contributed by atoms with van der Waals surface area (Å²) >= 11 is 5.97. The van der Waals surface area contributed by atoms with E-state index in [1.807, 2.05) is 19.1 Å². The molecule has 1 aromatic carbocycles. The van der Waals surface area contributed by atoms with Gasteiger partial charge in [-0.1, -0.05) is 23.7 Å². The average molecular weight is 214 g/mol. The number of nitrogens with one attached hydrogen (secondary N) is 1. The zero-order valence-corrected chi connectivity index (χ0v) is 8.87. The van der Waals surface area contributed by atoms with Gasteiger partial charge in [-0.15, -0.1) is 0 Å². The van der Waals surface area contributed by atoms with E-state index in [9.17, 15) is 4.39 Å². The zero-order valence-electron chi connectivity index (χ0n) is 8.11. The maximum atomic E-state index is 14.4. The van der Waals surface area contributed by atoms with Gasteiger partial charge in [-0.05, 0) is 37.1 Å². The Morgan fingerprint density at radius 1 is 1.50 bits per heavy atom. The van der Waals surface area contributed by atoms with Crippen molar-refractivity contribution in [3.63, 3.8) is 0 Å². The Morgan fingerprint density at radius 3 is 2.93 bits per heavy atom. The van der Waals surface area contributed by atoms with Gasteiger partial charge in [-0.25, -0.2) is 4.39 Å². The Balaban J connectivity index is 2.45. The SMILES string of the molecule is Cc1c(Cl)cccc1C1(F)CCNC1. The van der Waals surface area contributed by atoms with Gasteiger partial charge in [0.25, 0.3) is 0 Å². The Kier molecular flexibility index (Phi) is 2.50. The summed E-state index contributed by atoms with van der Waals surface area (Å²) in [7, 11) is 0. The minimum atomic E-state index is -1.23. The van der Waals surface area contributed by atoms with E-state index in [0.29, 0.717) is 18.0 Å². The summed E-state index contributed by atoms with van der Waals surface area (Å²) in [5.41, 5.74) is 0.366. The maximum Gasteiger partial charge on any atom is 0.149 e. The summed E-state index contributed by atoms with van der Waals surface area (Å²) in [6.07, 6.45) is 0.536. The quantitative estimate of drug-likeness (QED) is 0.757. The first-order valence-corrected chi connectivity index (χ1v) is 5.16. The molecule has 0 saturated carbocycles. The molecule has 1 unspecified atom stereocenters. The van der Waals surface area contributed by atoms with Gasteiger partial charge < -0.3 is 5.32 Å². The second kappa shape index (κ2) is 3.52. The fraction of sp³-hybridized carbons (Fsp3) is 0.455. The highest BCUT2D eigenvalue weighted by Crippen LogP contribution is 2.36.